The Labute approximate surface area is 112 Å². The van der Waals surface area contributed by atoms with Crippen molar-refractivity contribution in [1.29, 1.82) is 0 Å². The standard InChI is InChI=1S/C13H18N6/c1-13(2)10-14-8-9-18(13)12-15-16-17-19(12)11-6-4-3-5-7-11/h3-7,14H,8-10H2,1-2H3. The Balaban J connectivity index is 2.00. The van der Waals surface area contributed by atoms with E-state index in [1.165, 1.54) is 0 Å². The Bertz CT molecular complexity index is 547. The van der Waals surface area contributed by atoms with E-state index in [0.717, 1.165) is 31.3 Å². The van der Waals surface area contributed by atoms with Gasteiger partial charge in [-0.3, -0.25) is 0 Å². The number of hydrogen-bond acceptors (Lipinski definition) is 5. The smallest absolute Gasteiger partial charge is 0.250 e. The summed E-state index contributed by atoms with van der Waals surface area (Å²) in [4.78, 5) is 2.26. The number of nitrogens with one attached hydrogen (secondary N) is 1. The van der Waals surface area contributed by atoms with Crippen LogP contribution in [-0.2, 0) is 0 Å². The Morgan fingerprint density at radius 2 is 2.00 bits per heavy atom. The maximum absolute atomic E-state index is 4.21. The largest absolute Gasteiger partial charge is 0.332 e. The van der Waals surface area contributed by atoms with Crippen LogP contribution in [-0.4, -0.2) is 45.4 Å². The zero-order chi connectivity index (χ0) is 13.3. The van der Waals surface area contributed by atoms with Gasteiger partial charge in [-0.25, -0.2) is 0 Å². The molecule has 1 saturated heterocycles. The van der Waals surface area contributed by atoms with Gasteiger partial charge in [-0.05, 0) is 36.4 Å². The Hall–Kier alpha value is -1.95. The summed E-state index contributed by atoms with van der Waals surface area (Å²) in [5.41, 5.74) is 0.983. The Kier molecular flexibility index (Phi) is 2.94. The maximum Gasteiger partial charge on any atom is 0.250 e. The molecule has 1 aromatic heterocycles. The summed E-state index contributed by atoms with van der Waals surface area (Å²) in [6.07, 6.45) is 0. The molecule has 0 unspecified atom stereocenters. The highest BCUT2D eigenvalue weighted by molar-refractivity contribution is 5.43. The van der Waals surface area contributed by atoms with Gasteiger partial charge in [0.05, 0.1) is 5.69 Å². The molecule has 100 valence electrons. The van der Waals surface area contributed by atoms with E-state index in [2.05, 4.69) is 39.6 Å². The average Bonchev–Trinajstić information content (AvgIpc) is 2.88. The van der Waals surface area contributed by atoms with Gasteiger partial charge in [-0.1, -0.05) is 23.3 Å². The fourth-order valence-electron chi connectivity index (χ4n) is 2.44. The number of para-hydroxylation sites is 1. The van der Waals surface area contributed by atoms with Gasteiger partial charge in [0.25, 0.3) is 5.95 Å². The fourth-order valence-corrected chi connectivity index (χ4v) is 2.44. The maximum atomic E-state index is 4.21. The summed E-state index contributed by atoms with van der Waals surface area (Å²) < 4.78 is 1.80. The quantitative estimate of drug-likeness (QED) is 0.865. The molecular weight excluding hydrogens is 240 g/mol. The Morgan fingerprint density at radius 1 is 1.21 bits per heavy atom. The molecule has 0 atom stereocenters. The van der Waals surface area contributed by atoms with Crippen LogP contribution in [0, 0.1) is 0 Å². The lowest BCUT2D eigenvalue weighted by atomic mass is 10.0. The number of anilines is 1. The van der Waals surface area contributed by atoms with E-state index in [1.807, 2.05) is 30.3 Å². The molecule has 0 amide bonds. The number of hydrogen-bond donors (Lipinski definition) is 1. The summed E-state index contributed by atoms with van der Waals surface area (Å²) >= 11 is 0. The van der Waals surface area contributed by atoms with Crippen LogP contribution in [0.1, 0.15) is 13.8 Å². The van der Waals surface area contributed by atoms with E-state index >= 15 is 0 Å². The van der Waals surface area contributed by atoms with E-state index < -0.39 is 0 Å². The van der Waals surface area contributed by atoms with E-state index in [-0.39, 0.29) is 5.54 Å². The zero-order valence-corrected chi connectivity index (χ0v) is 11.2. The minimum atomic E-state index is -0.000502. The van der Waals surface area contributed by atoms with Crippen LogP contribution < -0.4 is 10.2 Å². The lowest BCUT2D eigenvalue weighted by Gasteiger charge is -2.42. The van der Waals surface area contributed by atoms with Crippen LogP contribution in [0.25, 0.3) is 5.69 Å². The SMILES string of the molecule is CC1(C)CNCCN1c1nnnn1-c1ccccc1. The second-order valence-corrected chi connectivity index (χ2v) is 5.37. The third kappa shape index (κ3) is 2.19. The second kappa shape index (κ2) is 4.62. The van der Waals surface area contributed by atoms with Crippen LogP contribution in [0.5, 0.6) is 0 Å². The highest BCUT2D eigenvalue weighted by Crippen LogP contribution is 2.24. The first-order valence-electron chi connectivity index (χ1n) is 6.51. The molecule has 0 bridgehead atoms. The van der Waals surface area contributed by atoms with Gasteiger partial charge in [-0.15, -0.1) is 0 Å². The molecule has 6 nitrogen and oxygen atoms in total. The number of nitrogens with zero attached hydrogens (tertiary/aromatic N) is 5. The number of rotatable bonds is 2. The number of tetrazole rings is 1. The summed E-state index contributed by atoms with van der Waals surface area (Å²) in [6, 6.07) is 9.99. The molecule has 0 saturated carbocycles. The van der Waals surface area contributed by atoms with E-state index in [4.69, 9.17) is 0 Å². The van der Waals surface area contributed by atoms with Crippen molar-refractivity contribution in [2.24, 2.45) is 0 Å². The fraction of sp³-hybridized carbons (Fsp3) is 0.462. The molecule has 0 aliphatic carbocycles. The third-order valence-corrected chi connectivity index (χ3v) is 3.50. The van der Waals surface area contributed by atoms with Gasteiger partial charge in [0.2, 0.25) is 0 Å². The minimum Gasteiger partial charge on any atom is -0.332 e. The predicted octanol–water partition coefficient (Wildman–Crippen LogP) is 0.850. The number of piperazine rings is 1. The van der Waals surface area contributed by atoms with Gasteiger partial charge in [0.1, 0.15) is 0 Å². The molecule has 2 aromatic rings. The molecule has 3 rings (SSSR count). The molecule has 2 heterocycles. The molecule has 1 aliphatic rings. The molecule has 1 N–H and O–H groups in total. The van der Waals surface area contributed by atoms with Crippen molar-refractivity contribution in [3.8, 4) is 5.69 Å². The van der Waals surface area contributed by atoms with E-state index in [9.17, 15) is 0 Å². The van der Waals surface area contributed by atoms with Crippen molar-refractivity contribution in [1.82, 2.24) is 25.5 Å². The Morgan fingerprint density at radius 3 is 2.74 bits per heavy atom. The van der Waals surface area contributed by atoms with Crippen molar-refractivity contribution >= 4 is 5.95 Å². The van der Waals surface area contributed by atoms with Crippen molar-refractivity contribution < 1.29 is 0 Å². The highest BCUT2D eigenvalue weighted by atomic mass is 15.6. The van der Waals surface area contributed by atoms with Crippen LogP contribution in [0.15, 0.2) is 30.3 Å². The minimum absolute atomic E-state index is 0.000502. The lowest BCUT2D eigenvalue weighted by molar-refractivity contribution is 0.372. The van der Waals surface area contributed by atoms with Gasteiger partial charge in [0.15, 0.2) is 0 Å². The summed E-state index contributed by atoms with van der Waals surface area (Å²) in [5.74, 6) is 0.803. The number of aromatic nitrogens is 4. The monoisotopic (exact) mass is 258 g/mol. The van der Waals surface area contributed by atoms with Gasteiger partial charge >= 0.3 is 0 Å². The topological polar surface area (TPSA) is 58.9 Å². The lowest BCUT2D eigenvalue weighted by Crippen LogP contribution is -2.58. The third-order valence-electron chi connectivity index (χ3n) is 3.50. The molecule has 1 fully saturated rings. The zero-order valence-electron chi connectivity index (χ0n) is 11.2. The van der Waals surface area contributed by atoms with Crippen LogP contribution in [0.2, 0.25) is 0 Å². The van der Waals surface area contributed by atoms with Crippen LogP contribution in [0.3, 0.4) is 0 Å². The molecule has 19 heavy (non-hydrogen) atoms. The highest BCUT2D eigenvalue weighted by Gasteiger charge is 2.33. The summed E-state index contributed by atoms with van der Waals surface area (Å²) in [6.45, 7) is 7.17. The first-order chi connectivity index (χ1) is 9.18. The van der Waals surface area contributed by atoms with Crippen molar-refractivity contribution in [2.45, 2.75) is 19.4 Å². The first kappa shape index (κ1) is 12.1. The predicted molar refractivity (Wildman–Crippen MR) is 73.4 cm³/mol. The van der Waals surface area contributed by atoms with Gasteiger partial charge < -0.3 is 10.2 Å². The molecule has 0 spiro atoms. The molecule has 1 aromatic carbocycles. The molecule has 6 heteroatoms. The van der Waals surface area contributed by atoms with Gasteiger partial charge in [0, 0.05) is 25.2 Å². The van der Waals surface area contributed by atoms with Crippen LogP contribution in [0.4, 0.5) is 5.95 Å². The average molecular weight is 258 g/mol. The molecule has 1 aliphatic heterocycles. The van der Waals surface area contributed by atoms with Crippen molar-refractivity contribution in [3.63, 3.8) is 0 Å². The van der Waals surface area contributed by atoms with E-state index in [0.29, 0.717) is 0 Å². The van der Waals surface area contributed by atoms with E-state index in [1.54, 1.807) is 4.68 Å². The molecule has 0 radical (unpaired) electrons. The summed E-state index contributed by atoms with van der Waals surface area (Å²) in [5, 5.41) is 15.6. The molecular formula is C13H18N6. The normalized spacial score (nSPS) is 18.5. The second-order valence-electron chi connectivity index (χ2n) is 5.37. The van der Waals surface area contributed by atoms with Crippen molar-refractivity contribution in [3.05, 3.63) is 30.3 Å². The first-order valence-corrected chi connectivity index (χ1v) is 6.51. The number of benzene rings is 1. The van der Waals surface area contributed by atoms with Gasteiger partial charge in [-0.2, -0.15) is 4.68 Å². The van der Waals surface area contributed by atoms with Crippen LogP contribution >= 0.6 is 0 Å². The van der Waals surface area contributed by atoms with Crippen molar-refractivity contribution in [2.75, 3.05) is 24.5 Å². The summed E-state index contributed by atoms with van der Waals surface area (Å²) in [7, 11) is 0.